The Morgan fingerprint density at radius 2 is 1.96 bits per heavy atom. The van der Waals surface area contributed by atoms with Crippen molar-refractivity contribution in [2.45, 2.75) is 19.9 Å². The lowest BCUT2D eigenvalue weighted by atomic mass is 10.1. The molecule has 1 unspecified atom stereocenters. The van der Waals surface area contributed by atoms with Crippen LogP contribution >= 0.6 is 0 Å². The largest absolute Gasteiger partial charge is 0.493 e. The standard InChI is InChI=1S/C20H21NO4/c1-4-24-17-10-9-15(12-19(17)23-3)20(22)21-13(2)18-11-14-7-5-6-8-16(14)25-18/h5-13H,4H2,1-3H3,(H,21,22). The van der Waals surface area contributed by atoms with Crippen LogP contribution in [0.25, 0.3) is 11.0 Å². The zero-order valence-electron chi connectivity index (χ0n) is 14.5. The SMILES string of the molecule is CCOc1ccc(C(=O)NC(C)c2cc3ccccc3o2)cc1OC. The number of fused-ring (bicyclic) bond motifs is 1. The van der Waals surface area contributed by atoms with E-state index in [9.17, 15) is 4.79 Å². The third-order valence-electron chi connectivity index (χ3n) is 3.94. The molecule has 0 saturated carbocycles. The van der Waals surface area contributed by atoms with E-state index < -0.39 is 0 Å². The maximum Gasteiger partial charge on any atom is 0.252 e. The molecule has 0 aliphatic carbocycles. The molecule has 2 aromatic carbocycles. The van der Waals surface area contributed by atoms with Gasteiger partial charge in [0.25, 0.3) is 5.91 Å². The van der Waals surface area contributed by atoms with Gasteiger partial charge in [0.1, 0.15) is 11.3 Å². The number of carbonyl (C=O) groups is 1. The van der Waals surface area contributed by atoms with Crippen LogP contribution in [0.15, 0.2) is 52.9 Å². The van der Waals surface area contributed by atoms with Gasteiger partial charge in [-0.15, -0.1) is 0 Å². The highest BCUT2D eigenvalue weighted by atomic mass is 16.5. The maximum atomic E-state index is 12.5. The van der Waals surface area contributed by atoms with E-state index >= 15 is 0 Å². The Balaban J connectivity index is 1.76. The van der Waals surface area contributed by atoms with E-state index in [1.54, 1.807) is 25.3 Å². The molecule has 0 bridgehead atoms. The quantitative estimate of drug-likeness (QED) is 0.726. The van der Waals surface area contributed by atoms with Gasteiger partial charge in [0.2, 0.25) is 0 Å². The van der Waals surface area contributed by atoms with E-state index in [2.05, 4.69) is 5.32 Å². The first-order valence-electron chi connectivity index (χ1n) is 8.22. The summed E-state index contributed by atoms with van der Waals surface area (Å²) in [5, 5.41) is 3.96. The summed E-state index contributed by atoms with van der Waals surface area (Å²) < 4.78 is 16.6. The Morgan fingerprint density at radius 3 is 2.68 bits per heavy atom. The van der Waals surface area contributed by atoms with Gasteiger partial charge in [0.15, 0.2) is 11.5 Å². The van der Waals surface area contributed by atoms with Crippen molar-refractivity contribution in [2.24, 2.45) is 0 Å². The smallest absolute Gasteiger partial charge is 0.252 e. The van der Waals surface area contributed by atoms with E-state index in [1.165, 1.54) is 0 Å². The van der Waals surface area contributed by atoms with Crippen LogP contribution in [-0.4, -0.2) is 19.6 Å². The minimum Gasteiger partial charge on any atom is -0.493 e. The van der Waals surface area contributed by atoms with E-state index in [4.69, 9.17) is 13.9 Å². The molecule has 1 aromatic heterocycles. The molecular weight excluding hydrogens is 318 g/mol. The normalized spacial score (nSPS) is 12.0. The topological polar surface area (TPSA) is 60.7 Å². The average Bonchev–Trinajstić information content (AvgIpc) is 3.06. The number of hydrogen-bond acceptors (Lipinski definition) is 4. The molecule has 1 amide bonds. The van der Waals surface area contributed by atoms with Gasteiger partial charge < -0.3 is 19.2 Å². The number of nitrogens with one attached hydrogen (secondary N) is 1. The molecule has 0 radical (unpaired) electrons. The first-order chi connectivity index (χ1) is 12.1. The van der Waals surface area contributed by atoms with Gasteiger partial charge in [-0.2, -0.15) is 0 Å². The number of carbonyl (C=O) groups excluding carboxylic acids is 1. The second-order valence-corrected chi connectivity index (χ2v) is 5.68. The van der Waals surface area contributed by atoms with Gasteiger partial charge in [-0.3, -0.25) is 4.79 Å². The van der Waals surface area contributed by atoms with Crippen molar-refractivity contribution in [3.05, 3.63) is 59.9 Å². The summed E-state index contributed by atoms with van der Waals surface area (Å²) >= 11 is 0. The van der Waals surface area contributed by atoms with E-state index in [0.29, 0.717) is 29.4 Å². The zero-order chi connectivity index (χ0) is 17.8. The number of furan rings is 1. The molecule has 3 rings (SSSR count). The minimum absolute atomic E-state index is 0.200. The monoisotopic (exact) mass is 339 g/mol. The van der Waals surface area contributed by atoms with Gasteiger partial charge in [-0.1, -0.05) is 18.2 Å². The fourth-order valence-corrected chi connectivity index (χ4v) is 2.65. The molecule has 5 nitrogen and oxygen atoms in total. The lowest BCUT2D eigenvalue weighted by Crippen LogP contribution is -2.26. The highest BCUT2D eigenvalue weighted by molar-refractivity contribution is 5.95. The first-order valence-corrected chi connectivity index (χ1v) is 8.22. The van der Waals surface area contributed by atoms with Gasteiger partial charge in [-0.05, 0) is 44.2 Å². The summed E-state index contributed by atoms with van der Waals surface area (Å²) in [6.07, 6.45) is 0. The molecular formula is C20H21NO4. The third kappa shape index (κ3) is 3.60. The minimum atomic E-state index is -0.252. The van der Waals surface area contributed by atoms with Crippen molar-refractivity contribution < 1.29 is 18.7 Å². The van der Waals surface area contributed by atoms with Crippen LogP contribution in [0.1, 0.15) is 36.0 Å². The van der Waals surface area contributed by atoms with Crippen molar-refractivity contribution in [1.82, 2.24) is 5.32 Å². The van der Waals surface area contributed by atoms with Gasteiger partial charge in [-0.25, -0.2) is 0 Å². The van der Waals surface area contributed by atoms with Crippen LogP contribution in [0, 0.1) is 0 Å². The molecule has 130 valence electrons. The molecule has 5 heteroatoms. The Bertz CT molecular complexity index is 851. The molecule has 0 spiro atoms. The van der Waals surface area contributed by atoms with Gasteiger partial charge >= 0.3 is 0 Å². The summed E-state index contributed by atoms with van der Waals surface area (Å²) in [7, 11) is 1.55. The summed E-state index contributed by atoms with van der Waals surface area (Å²) in [6, 6.07) is 14.6. The van der Waals surface area contributed by atoms with Crippen molar-refractivity contribution in [2.75, 3.05) is 13.7 Å². The third-order valence-corrected chi connectivity index (χ3v) is 3.94. The lowest BCUT2D eigenvalue weighted by Gasteiger charge is -2.13. The van der Waals surface area contributed by atoms with Crippen molar-refractivity contribution in [3.8, 4) is 11.5 Å². The highest BCUT2D eigenvalue weighted by Crippen LogP contribution is 2.29. The summed E-state index contributed by atoms with van der Waals surface area (Å²) in [4.78, 5) is 12.5. The summed E-state index contributed by atoms with van der Waals surface area (Å²) in [5.74, 6) is 1.67. The lowest BCUT2D eigenvalue weighted by molar-refractivity contribution is 0.0935. The van der Waals surface area contributed by atoms with Crippen molar-refractivity contribution in [1.29, 1.82) is 0 Å². The molecule has 1 N–H and O–H groups in total. The first kappa shape index (κ1) is 16.9. The van der Waals surface area contributed by atoms with Crippen LogP contribution in [0.4, 0.5) is 0 Å². The van der Waals surface area contributed by atoms with Crippen LogP contribution in [0.5, 0.6) is 11.5 Å². The van der Waals surface area contributed by atoms with Crippen LogP contribution in [-0.2, 0) is 0 Å². The fourth-order valence-electron chi connectivity index (χ4n) is 2.65. The second kappa shape index (κ2) is 7.30. The average molecular weight is 339 g/mol. The van der Waals surface area contributed by atoms with E-state index in [1.807, 2.05) is 44.2 Å². The summed E-state index contributed by atoms with van der Waals surface area (Å²) in [5.41, 5.74) is 1.31. The van der Waals surface area contributed by atoms with Crippen LogP contribution < -0.4 is 14.8 Å². The molecule has 0 aliphatic heterocycles. The molecule has 0 saturated heterocycles. The number of benzene rings is 2. The zero-order valence-corrected chi connectivity index (χ0v) is 14.5. The highest BCUT2D eigenvalue weighted by Gasteiger charge is 2.17. The number of hydrogen-bond donors (Lipinski definition) is 1. The number of rotatable bonds is 6. The maximum absolute atomic E-state index is 12.5. The Hall–Kier alpha value is -2.95. The number of para-hydroxylation sites is 1. The van der Waals surface area contributed by atoms with Crippen LogP contribution in [0.2, 0.25) is 0 Å². The molecule has 0 fully saturated rings. The number of methoxy groups -OCH3 is 1. The van der Waals surface area contributed by atoms with Crippen molar-refractivity contribution in [3.63, 3.8) is 0 Å². The Morgan fingerprint density at radius 1 is 1.16 bits per heavy atom. The number of ether oxygens (including phenoxy) is 2. The van der Waals surface area contributed by atoms with Crippen molar-refractivity contribution >= 4 is 16.9 Å². The molecule has 3 aromatic rings. The fraction of sp³-hybridized carbons (Fsp3) is 0.250. The van der Waals surface area contributed by atoms with Gasteiger partial charge in [0, 0.05) is 10.9 Å². The molecule has 0 aliphatic rings. The van der Waals surface area contributed by atoms with Crippen LogP contribution in [0.3, 0.4) is 0 Å². The Labute approximate surface area is 146 Å². The Kier molecular flexibility index (Phi) is 4.93. The van der Waals surface area contributed by atoms with E-state index in [0.717, 1.165) is 11.0 Å². The number of amides is 1. The molecule has 1 heterocycles. The predicted molar refractivity (Wildman–Crippen MR) is 96.3 cm³/mol. The molecule has 1 atom stereocenters. The predicted octanol–water partition coefficient (Wildman–Crippen LogP) is 4.33. The second-order valence-electron chi connectivity index (χ2n) is 5.68. The summed E-state index contributed by atoms with van der Waals surface area (Å²) in [6.45, 7) is 4.32. The van der Waals surface area contributed by atoms with E-state index in [-0.39, 0.29) is 11.9 Å². The van der Waals surface area contributed by atoms with Gasteiger partial charge in [0.05, 0.1) is 19.8 Å². The molecule has 25 heavy (non-hydrogen) atoms.